The van der Waals surface area contributed by atoms with Gasteiger partial charge in [-0.3, -0.25) is 14.4 Å². The lowest BCUT2D eigenvalue weighted by Crippen LogP contribution is -2.50. The molecule has 224 valence electrons. The van der Waals surface area contributed by atoms with Crippen molar-refractivity contribution >= 4 is 39.9 Å². The number of aromatic amines is 1. The number of alkyl halides is 3. The summed E-state index contributed by atoms with van der Waals surface area (Å²) >= 11 is 1.10. The van der Waals surface area contributed by atoms with Crippen molar-refractivity contribution in [3.63, 3.8) is 0 Å². The van der Waals surface area contributed by atoms with Gasteiger partial charge in [0, 0.05) is 29.1 Å². The van der Waals surface area contributed by atoms with Crippen molar-refractivity contribution in [2.45, 2.75) is 38.1 Å². The fourth-order valence-corrected chi connectivity index (χ4v) is 5.13. The fraction of sp³-hybridized carbons (Fsp3) is 0.258. The van der Waals surface area contributed by atoms with Crippen LogP contribution in [0.4, 0.5) is 13.2 Å². The van der Waals surface area contributed by atoms with E-state index in [2.05, 4.69) is 31.6 Å². The number of para-hydroxylation sites is 1. The molecule has 0 saturated heterocycles. The summed E-state index contributed by atoms with van der Waals surface area (Å²) < 4.78 is 48.2. The molecular formula is C31H27F3N2O6S. The Morgan fingerprint density at radius 2 is 1.81 bits per heavy atom. The zero-order chi connectivity index (χ0) is 31.2. The number of nitrogens with one attached hydrogen (secondary N) is 2. The van der Waals surface area contributed by atoms with Crippen LogP contribution in [0, 0.1) is 11.8 Å². The molecule has 43 heavy (non-hydrogen) atoms. The van der Waals surface area contributed by atoms with Gasteiger partial charge in [-0.1, -0.05) is 30.0 Å². The van der Waals surface area contributed by atoms with E-state index in [0.717, 1.165) is 33.9 Å². The van der Waals surface area contributed by atoms with Crippen molar-refractivity contribution in [3.05, 3.63) is 87.2 Å². The highest BCUT2D eigenvalue weighted by molar-refractivity contribution is 7.14. The molecule has 0 fully saturated rings. The number of ether oxygens (including phenoxy) is 2. The molecule has 1 atom stereocenters. The number of aliphatic hydroxyl groups is 1. The van der Waals surface area contributed by atoms with E-state index >= 15 is 0 Å². The summed E-state index contributed by atoms with van der Waals surface area (Å²) in [5, 5.41) is 13.7. The van der Waals surface area contributed by atoms with Crippen LogP contribution in [0.5, 0.6) is 5.75 Å². The number of thiophene rings is 1. The Hall–Kier alpha value is -4.60. The van der Waals surface area contributed by atoms with Gasteiger partial charge in [0.05, 0.1) is 41.0 Å². The summed E-state index contributed by atoms with van der Waals surface area (Å²) in [6.07, 6.45) is -3.19. The standard InChI is InChI=1S/C31H27F3N2O6S/c1-30(18-37,16-20-17-35-24-6-4-3-5-22(20)24)36-29(40)23-15-19(8-12-26(23)42-31(32,33)34)7-9-21-10-13-27(43-21)25(38)11-14-28(39)41-2/h3-6,8,10,12-13,15,17,35,37H,11,14,16,18H2,1-2H3,(H,36,40). The number of amides is 1. The maximum absolute atomic E-state index is 13.4. The predicted molar refractivity (Wildman–Crippen MR) is 154 cm³/mol. The van der Waals surface area contributed by atoms with Gasteiger partial charge in [0.25, 0.3) is 5.91 Å². The molecule has 1 unspecified atom stereocenters. The van der Waals surface area contributed by atoms with Crippen LogP contribution in [-0.2, 0) is 16.0 Å². The number of aromatic nitrogens is 1. The minimum absolute atomic E-state index is 0.0216. The van der Waals surface area contributed by atoms with Crippen LogP contribution >= 0.6 is 11.3 Å². The van der Waals surface area contributed by atoms with E-state index in [9.17, 15) is 32.7 Å². The summed E-state index contributed by atoms with van der Waals surface area (Å²) in [6, 6.07) is 14.1. The topological polar surface area (TPSA) is 118 Å². The number of halogens is 3. The quantitative estimate of drug-likeness (QED) is 0.126. The molecule has 0 radical (unpaired) electrons. The molecule has 0 aliphatic carbocycles. The third kappa shape index (κ3) is 8.24. The lowest BCUT2D eigenvalue weighted by atomic mass is 9.92. The van der Waals surface area contributed by atoms with Crippen LogP contribution in [0.3, 0.4) is 0 Å². The maximum Gasteiger partial charge on any atom is 0.573 e. The van der Waals surface area contributed by atoms with Gasteiger partial charge in [0.15, 0.2) is 5.78 Å². The van der Waals surface area contributed by atoms with E-state index in [0.29, 0.717) is 9.75 Å². The molecule has 1 amide bonds. The van der Waals surface area contributed by atoms with E-state index in [1.54, 1.807) is 25.3 Å². The Balaban J connectivity index is 1.57. The van der Waals surface area contributed by atoms with E-state index in [1.165, 1.54) is 19.2 Å². The molecule has 3 N–H and O–H groups in total. The Morgan fingerprint density at radius 1 is 1.05 bits per heavy atom. The number of H-pyrrole nitrogens is 1. The first-order valence-corrected chi connectivity index (χ1v) is 13.8. The van der Waals surface area contributed by atoms with Gasteiger partial charge in [-0.15, -0.1) is 24.5 Å². The van der Waals surface area contributed by atoms with Crippen LogP contribution in [-0.4, -0.2) is 53.4 Å². The minimum Gasteiger partial charge on any atom is -0.469 e. The molecule has 2 heterocycles. The van der Waals surface area contributed by atoms with E-state index in [1.807, 2.05) is 24.3 Å². The molecule has 2 aromatic heterocycles. The number of hydrogen-bond donors (Lipinski definition) is 3. The molecule has 0 aliphatic rings. The molecule has 12 heteroatoms. The number of aliphatic hydroxyl groups excluding tert-OH is 1. The van der Waals surface area contributed by atoms with Gasteiger partial charge in [0.2, 0.25) is 0 Å². The van der Waals surface area contributed by atoms with Crippen LogP contribution in [0.15, 0.2) is 60.8 Å². The number of methoxy groups -OCH3 is 1. The lowest BCUT2D eigenvalue weighted by Gasteiger charge is -2.29. The first kappa shape index (κ1) is 31.3. The number of hydrogen-bond acceptors (Lipinski definition) is 7. The number of benzene rings is 2. The van der Waals surface area contributed by atoms with Crippen molar-refractivity contribution in [2.75, 3.05) is 13.7 Å². The number of rotatable bonds is 10. The van der Waals surface area contributed by atoms with E-state index in [-0.39, 0.29) is 30.6 Å². The first-order chi connectivity index (χ1) is 20.4. The summed E-state index contributed by atoms with van der Waals surface area (Å²) in [5.74, 6) is 3.26. The second kappa shape index (κ2) is 13.1. The zero-order valence-corrected chi connectivity index (χ0v) is 23.9. The predicted octanol–water partition coefficient (Wildman–Crippen LogP) is 5.39. The minimum atomic E-state index is -5.06. The number of fused-ring (bicyclic) bond motifs is 1. The van der Waals surface area contributed by atoms with Crippen molar-refractivity contribution in [1.29, 1.82) is 0 Å². The molecule has 8 nitrogen and oxygen atoms in total. The molecule has 0 spiro atoms. The normalized spacial score (nSPS) is 12.6. The van der Waals surface area contributed by atoms with Crippen molar-refractivity contribution in [1.82, 2.24) is 10.3 Å². The number of ketones is 1. The summed E-state index contributed by atoms with van der Waals surface area (Å²) in [5.41, 5.74) is 0.228. The average Bonchev–Trinajstić information content (AvgIpc) is 3.62. The third-order valence-corrected chi connectivity index (χ3v) is 7.51. The largest absolute Gasteiger partial charge is 0.573 e. The Kier molecular flexibility index (Phi) is 9.58. The van der Waals surface area contributed by atoms with Gasteiger partial charge < -0.3 is 24.9 Å². The second-order valence-electron chi connectivity index (χ2n) is 9.88. The van der Waals surface area contributed by atoms with Gasteiger partial charge in [-0.05, 0) is 55.3 Å². The molecular weight excluding hydrogens is 585 g/mol. The number of esters is 1. The van der Waals surface area contributed by atoms with Crippen molar-refractivity contribution in [3.8, 4) is 17.6 Å². The molecule has 0 aliphatic heterocycles. The van der Waals surface area contributed by atoms with Crippen LogP contribution in [0.25, 0.3) is 10.9 Å². The zero-order valence-electron chi connectivity index (χ0n) is 23.1. The number of Topliss-reactive ketones (excluding diaryl/α,β-unsaturated/α-hetero) is 1. The van der Waals surface area contributed by atoms with Crippen LogP contribution in [0.1, 0.15) is 55.8 Å². The van der Waals surface area contributed by atoms with Gasteiger partial charge >= 0.3 is 12.3 Å². The number of carbonyl (C=O) groups is 3. The second-order valence-corrected chi connectivity index (χ2v) is 11.0. The summed E-state index contributed by atoms with van der Waals surface area (Å²) in [6.45, 7) is 1.09. The van der Waals surface area contributed by atoms with Gasteiger partial charge in [-0.2, -0.15) is 0 Å². The van der Waals surface area contributed by atoms with Gasteiger partial charge in [-0.25, -0.2) is 0 Å². The smallest absolute Gasteiger partial charge is 0.469 e. The lowest BCUT2D eigenvalue weighted by molar-refractivity contribution is -0.274. The Bertz CT molecular complexity index is 1720. The Labute approximate surface area is 248 Å². The molecule has 2 aromatic carbocycles. The summed E-state index contributed by atoms with van der Waals surface area (Å²) in [7, 11) is 1.24. The highest BCUT2D eigenvalue weighted by Gasteiger charge is 2.34. The Morgan fingerprint density at radius 3 is 2.53 bits per heavy atom. The average molecular weight is 613 g/mol. The van der Waals surface area contributed by atoms with Crippen molar-refractivity contribution in [2.24, 2.45) is 0 Å². The monoisotopic (exact) mass is 612 g/mol. The third-order valence-electron chi connectivity index (χ3n) is 6.46. The highest BCUT2D eigenvalue weighted by atomic mass is 32.1. The molecule has 4 rings (SSSR count). The molecule has 0 bridgehead atoms. The molecule has 0 saturated carbocycles. The van der Waals surface area contributed by atoms with Crippen molar-refractivity contribution < 1.29 is 42.1 Å². The van der Waals surface area contributed by atoms with Crippen LogP contribution < -0.4 is 10.1 Å². The first-order valence-electron chi connectivity index (χ1n) is 13.0. The SMILES string of the molecule is COC(=O)CCC(=O)c1ccc(C#Cc2ccc(OC(F)(F)F)c(C(=O)NC(C)(CO)Cc3c[nH]c4ccccc34)c2)s1. The fourth-order valence-electron chi connectivity index (χ4n) is 4.31. The van der Waals surface area contributed by atoms with E-state index in [4.69, 9.17) is 0 Å². The van der Waals surface area contributed by atoms with Crippen LogP contribution in [0.2, 0.25) is 0 Å². The van der Waals surface area contributed by atoms with Gasteiger partial charge in [0.1, 0.15) is 5.75 Å². The molecule has 4 aromatic rings. The highest BCUT2D eigenvalue weighted by Crippen LogP contribution is 2.29. The number of carbonyl (C=O) groups excluding carboxylic acids is 3. The summed E-state index contributed by atoms with van der Waals surface area (Å²) in [4.78, 5) is 41.0. The van der Waals surface area contributed by atoms with E-state index < -0.39 is 41.7 Å². The maximum atomic E-state index is 13.4.